The average molecular weight is 474 g/mol. The molecule has 1 aromatic rings. The first kappa shape index (κ1) is 26.9. The second-order valence-corrected chi connectivity index (χ2v) is 7.14. The fourth-order valence-corrected chi connectivity index (χ4v) is 2.64. The maximum atomic E-state index is 12.6. The highest BCUT2D eigenvalue weighted by molar-refractivity contribution is 7.80. The summed E-state index contributed by atoms with van der Waals surface area (Å²) in [7, 11) is 0. The molecule has 0 aliphatic rings. The number of primary amides is 1. The Hall–Kier alpha value is -3.17. The van der Waals surface area contributed by atoms with Crippen molar-refractivity contribution >= 4 is 42.2 Å². The summed E-state index contributed by atoms with van der Waals surface area (Å²) in [6.07, 6.45) is 2.16. The molecule has 0 radical (unpaired) electrons. The number of rotatable bonds is 14. The van der Waals surface area contributed by atoms with Crippen LogP contribution in [0, 0.1) is 0 Å². The highest BCUT2D eigenvalue weighted by Gasteiger charge is 2.30. The summed E-state index contributed by atoms with van der Waals surface area (Å²) >= 11 is 3.89. The number of aliphatic carboxylic acids is 1. The van der Waals surface area contributed by atoms with E-state index in [1.165, 1.54) is 12.5 Å². The number of nitrogens with two attached hydrogens (primary N) is 2. The van der Waals surface area contributed by atoms with E-state index in [0.29, 0.717) is 5.69 Å². The second kappa shape index (κ2) is 13.3. The molecule has 32 heavy (non-hydrogen) atoms. The Morgan fingerprint density at radius 1 is 1.06 bits per heavy atom. The number of carboxylic acid groups (broad SMARTS) is 1. The summed E-state index contributed by atoms with van der Waals surface area (Å²) in [5.74, 6) is -4.68. The highest BCUT2D eigenvalue weighted by atomic mass is 32.1. The van der Waals surface area contributed by atoms with Crippen LogP contribution in [0.3, 0.4) is 0 Å². The normalized spacial score (nSPS) is 14.5. The minimum atomic E-state index is -1.53. The van der Waals surface area contributed by atoms with Gasteiger partial charge in [-0.2, -0.15) is 12.6 Å². The Morgan fingerprint density at radius 2 is 1.66 bits per heavy atom. The fourth-order valence-electron chi connectivity index (χ4n) is 2.47. The van der Waals surface area contributed by atoms with Crippen molar-refractivity contribution in [1.82, 2.24) is 25.9 Å². The summed E-state index contributed by atoms with van der Waals surface area (Å²) in [4.78, 5) is 66.1. The lowest BCUT2D eigenvalue weighted by molar-refractivity contribution is -0.142. The topological polar surface area (TPSA) is 243 Å². The molecular weight excluding hydrogens is 446 g/mol. The standard InChI is InChI=1S/C17H27N7O7S/c18-9(6-32)14(27)22-10(1-2-13(19)26)15(28)24-12(5-25)16(29)23-11(17(30)31)3-8-4-20-7-21-8/h4,7,9-12,25,32H,1-3,5-6,18H2,(H2,19,26)(H,20,21)(H,22,27)(H,23,29)(H,24,28)(H,30,31). The zero-order chi connectivity index (χ0) is 24.3. The maximum absolute atomic E-state index is 12.6. The molecule has 0 aliphatic heterocycles. The molecule has 1 heterocycles. The lowest BCUT2D eigenvalue weighted by atomic mass is 10.1. The summed E-state index contributed by atoms with van der Waals surface area (Å²) < 4.78 is 0. The first-order chi connectivity index (χ1) is 15.1. The van der Waals surface area contributed by atoms with Gasteiger partial charge in [-0.3, -0.25) is 19.2 Å². The van der Waals surface area contributed by atoms with Crippen LogP contribution in [0.2, 0.25) is 0 Å². The molecule has 0 spiro atoms. The maximum Gasteiger partial charge on any atom is 0.326 e. The van der Waals surface area contributed by atoms with Gasteiger partial charge < -0.3 is 42.6 Å². The molecule has 0 saturated heterocycles. The van der Waals surface area contributed by atoms with Gasteiger partial charge in [0, 0.05) is 30.5 Å². The molecule has 178 valence electrons. The monoisotopic (exact) mass is 473 g/mol. The Kier molecular flexibility index (Phi) is 11.2. The lowest BCUT2D eigenvalue weighted by Gasteiger charge is -2.24. The van der Waals surface area contributed by atoms with Gasteiger partial charge in [0.15, 0.2) is 0 Å². The van der Waals surface area contributed by atoms with Gasteiger partial charge in [0.05, 0.1) is 19.0 Å². The van der Waals surface area contributed by atoms with E-state index < -0.39 is 60.4 Å². The molecule has 10 N–H and O–H groups in total. The number of aliphatic hydroxyl groups excluding tert-OH is 1. The predicted molar refractivity (Wildman–Crippen MR) is 113 cm³/mol. The third-order valence-electron chi connectivity index (χ3n) is 4.25. The van der Waals surface area contributed by atoms with Gasteiger partial charge in [-0.15, -0.1) is 0 Å². The molecular formula is C17H27N7O7S. The first-order valence-corrected chi connectivity index (χ1v) is 10.1. The number of nitrogens with zero attached hydrogens (tertiary/aromatic N) is 1. The number of H-pyrrole nitrogens is 1. The Balaban J connectivity index is 2.84. The van der Waals surface area contributed by atoms with E-state index in [1.54, 1.807) is 0 Å². The quantitative estimate of drug-likeness (QED) is 0.119. The van der Waals surface area contributed by atoms with Gasteiger partial charge in [-0.1, -0.05) is 0 Å². The molecule has 14 nitrogen and oxygen atoms in total. The van der Waals surface area contributed by atoms with Crippen molar-refractivity contribution in [3.05, 3.63) is 18.2 Å². The number of aliphatic hydroxyl groups is 1. The molecule has 0 saturated carbocycles. The lowest BCUT2D eigenvalue weighted by Crippen LogP contribution is -2.58. The van der Waals surface area contributed by atoms with Crippen LogP contribution >= 0.6 is 12.6 Å². The van der Waals surface area contributed by atoms with Gasteiger partial charge in [0.25, 0.3) is 0 Å². The third-order valence-corrected chi connectivity index (χ3v) is 4.65. The molecule has 15 heteroatoms. The largest absolute Gasteiger partial charge is 0.480 e. The molecule has 0 bridgehead atoms. The van der Waals surface area contributed by atoms with Crippen molar-refractivity contribution < 1.29 is 34.2 Å². The molecule has 4 atom stereocenters. The number of carbonyl (C=O) groups excluding carboxylic acids is 4. The highest BCUT2D eigenvalue weighted by Crippen LogP contribution is 2.02. The Labute approximate surface area is 188 Å². The summed E-state index contributed by atoms with van der Waals surface area (Å²) in [5, 5.41) is 25.6. The predicted octanol–water partition coefficient (Wildman–Crippen LogP) is -3.99. The Morgan fingerprint density at radius 3 is 2.16 bits per heavy atom. The summed E-state index contributed by atoms with van der Waals surface area (Å²) in [6, 6.07) is -5.22. The number of nitrogens with one attached hydrogen (secondary N) is 4. The van der Waals surface area contributed by atoms with E-state index in [9.17, 15) is 34.2 Å². The number of aromatic nitrogens is 2. The molecule has 0 aliphatic carbocycles. The van der Waals surface area contributed by atoms with Crippen molar-refractivity contribution in [2.24, 2.45) is 11.5 Å². The average Bonchev–Trinajstić information content (AvgIpc) is 3.26. The molecule has 1 rings (SSSR count). The van der Waals surface area contributed by atoms with Crippen molar-refractivity contribution in [3.8, 4) is 0 Å². The zero-order valence-electron chi connectivity index (χ0n) is 17.0. The van der Waals surface area contributed by atoms with Crippen LogP contribution in [-0.2, 0) is 30.4 Å². The van der Waals surface area contributed by atoms with Crippen molar-refractivity contribution in [2.45, 2.75) is 43.4 Å². The van der Waals surface area contributed by atoms with Crippen LogP contribution in [0.5, 0.6) is 0 Å². The van der Waals surface area contributed by atoms with E-state index in [0.717, 1.165) is 0 Å². The minimum absolute atomic E-state index is 0.00935. The number of hydrogen-bond acceptors (Lipinski definition) is 9. The number of thiol groups is 1. The van der Waals surface area contributed by atoms with Crippen molar-refractivity contribution in [1.29, 1.82) is 0 Å². The van der Waals surface area contributed by atoms with Gasteiger partial charge in [0.2, 0.25) is 23.6 Å². The van der Waals surface area contributed by atoms with E-state index in [2.05, 4.69) is 38.5 Å². The number of imidazole rings is 1. The summed E-state index contributed by atoms with van der Waals surface area (Å²) in [6.45, 7) is -0.861. The number of hydrogen-bond donors (Lipinski definition) is 9. The zero-order valence-corrected chi connectivity index (χ0v) is 17.9. The van der Waals surface area contributed by atoms with Crippen LogP contribution in [0.4, 0.5) is 0 Å². The summed E-state index contributed by atoms with van der Waals surface area (Å²) in [5.41, 5.74) is 11.1. The van der Waals surface area contributed by atoms with E-state index in [-0.39, 0.29) is 25.0 Å². The first-order valence-electron chi connectivity index (χ1n) is 9.45. The second-order valence-electron chi connectivity index (χ2n) is 6.78. The molecule has 0 fully saturated rings. The fraction of sp³-hybridized carbons (Fsp3) is 0.529. The van der Waals surface area contributed by atoms with E-state index >= 15 is 0 Å². The van der Waals surface area contributed by atoms with Crippen molar-refractivity contribution in [3.63, 3.8) is 0 Å². The van der Waals surface area contributed by atoms with Crippen molar-refractivity contribution in [2.75, 3.05) is 12.4 Å². The molecule has 0 aromatic carbocycles. The smallest absolute Gasteiger partial charge is 0.326 e. The number of carboxylic acids is 1. The van der Waals surface area contributed by atoms with Crippen LogP contribution in [0.1, 0.15) is 18.5 Å². The van der Waals surface area contributed by atoms with Crippen LogP contribution < -0.4 is 27.4 Å². The molecule has 4 unspecified atom stereocenters. The van der Waals surface area contributed by atoms with E-state index in [1.807, 2.05) is 0 Å². The van der Waals surface area contributed by atoms with Gasteiger partial charge >= 0.3 is 5.97 Å². The minimum Gasteiger partial charge on any atom is -0.480 e. The van der Waals surface area contributed by atoms with Crippen LogP contribution in [0.15, 0.2) is 12.5 Å². The molecule has 4 amide bonds. The third kappa shape index (κ3) is 8.91. The number of amides is 4. The number of aromatic amines is 1. The SMILES string of the molecule is NC(=O)CCC(NC(=O)C(N)CS)C(=O)NC(CO)C(=O)NC(Cc1cnc[nH]1)C(=O)O. The van der Waals surface area contributed by atoms with Crippen LogP contribution in [-0.4, -0.2) is 86.3 Å². The molecule has 1 aromatic heterocycles. The van der Waals surface area contributed by atoms with Gasteiger partial charge in [0.1, 0.15) is 18.1 Å². The van der Waals surface area contributed by atoms with Gasteiger partial charge in [-0.25, -0.2) is 9.78 Å². The van der Waals surface area contributed by atoms with Crippen LogP contribution in [0.25, 0.3) is 0 Å². The number of carbonyl (C=O) groups is 5. The van der Waals surface area contributed by atoms with Gasteiger partial charge in [-0.05, 0) is 6.42 Å². The van der Waals surface area contributed by atoms with E-state index in [4.69, 9.17) is 11.5 Å². The Bertz CT molecular complexity index is 805.